The number of benzene rings is 1. The molecule has 8 heteroatoms. The maximum atomic E-state index is 13.3. The highest BCUT2D eigenvalue weighted by Crippen LogP contribution is 2.29. The molecule has 0 radical (unpaired) electrons. The second-order valence-electron chi connectivity index (χ2n) is 4.19. The molecule has 0 fully saturated rings. The molecule has 0 aliphatic rings. The summed E-state index contributed by atoms with van der Waals surface area (Å²) in [4.78, 5) is 8.57. The third kappa shape index (κ3) is 2.80. The van der Waals surface area contributed by atoms with Gasteiger partial charge in [0.1, 0.15) is 17.0 Å². The van der Waals surface area contributed by atoms with Crippen molar-refractivity contribution in [2.75, 3.05) is 11.9 Å². The summed E-state index contributed by atoms with van der Waals surface area (Å²) >= 11 is 3.12. The molecule has 6 nitrogen and oxygen atoms in total. The summed E-state index contributed by atoms with van der Waals surface area (Å²) in [5, 5.41) is 10.4. The fraction of sp³-hybridized carbons (Fsp3) is 0.154. The average molecular weight is 352 g/mol. The lowest BCUT2D eigenvalue weighted by Crippen LogP contribution is -2.03. The van der Waals surface area contributed by atoms with Crippen LogP contribution >= 0.6 is 15.9 Å². The summed E-state index contributed by atoms with van der Waals surface area (Å²) in [7, 11) is 0. The molecule has 0 spiro atoms. The Morgan fingerprint density at radius 2 is 2.24 bits per heavy atom. The topological polar surface area (TPSA) is 75.7 Å². The first-order valence-electron chi connectivity index (χ1n) is 6.25. The molecule has 3 rings (SSSR count). The zero-order valence-corrected chi connectivity index (χ0v) is 12.6. The van der Waals surface area contributed by atoms with E-state index in [-0.39, 0.29) is 5.82 Å². The van der Waals surface area contributed by atoms with Gasteiger partial charge in [-0.25, -0.2) is 4.39 Å². The van der Waals surface area contributed by atoms with Crippen molar-refractivity contribution in [3.63, 3.8) is 0 Å². The van der Waals surface area contributed by atoms with E-state index in [1.165, 1.54) is 18.2 Å². The van der Waals surface area contributed by atoms with Crippen LogP contribution < -0.4 is 10.1 Å². The number of halogens is 2. The van der Waals surface area contributed by atoms with Crippen LogP contribution in [0.2, 0.25) is 0 Å². The second-order valence-corrected chi connectivity index (χ2v) is 5.05. The van der Waals surface area contributed by atoms with Crippen LogP contribution in [0.15, 0.2) is 28.9 Å². The van der Waals surface area contributed by atoms with Gasteiger partial charge >= 0.3 is 0 Å². The number of nitrogens with zero attached hydrogens (tertiary/aromatic N) is 3. The maximum Gasteiger partial charge on any atom is 0.235 e. The summed E-state index contributed by atoms with van der Waals surface area (Å²) < 4.78 is 19.3. The molecule has 0 aliphatic carbocycles. The molecule has 2 heterocycles. The van der Waals surface area contributed by atoms with Crippen molar-refractivity contribution in [2.24, 2.45) is 0 Å². The van der Waals surface area contributed by atoms with Gasteiger partial charge in [0.15, 0.2) is 5.65 Å². The Bertz CT molecular complexity index is 791. The zero-order valence-electron chi connectivity index (χ0n) is 11.0. The number of hydrogen-bond acceptors (Lipinski definition) is 5. The van der Waals surface area contributed by atoms with Gasteiger partial charge in [-0.1, -0.05) is 0 Å². The van der Waals surface area contributed by atoms with Crippen LogP contribution in [0.25, 0.3) is 11.0 Å². The lowest BCUT2D eigenvalue weighted by molar-refractivity contribution is 0.466. The Morgan fingerprint density at radius 3 is 3.00 bits per heavy atom. The van der Waals surface area contributed by atoms with E-state index in [1.807, 2.05) is 6.92 Å². The van der Waals surface area contributed by atoms with E-state index in [4.69, 9.17) is 4.74 Å². The number of H-pyrrole nitrogens is 1. The zero-order chi connectivity index (χ0) is 14.8. The Balaban J connectivity index is 2.01. The van der Waals surface area contributed by atoms with Crippen LogP contribution in [0.1, 0.15) is 6.92 Å². The fourth-order valence-corrected chi connectivity index (χ4v) is 2.13. The first-order valence-corrected chi connectivity index (χ1v) is 7.04. The molecule has 0 amide bonds. The van der Waals surface area contributed by atoms with Gasteiger partial charge in [-0.3, -0.25) is 5.10 Å². The largest absolute Gasteiger partial charge is 0.438 e. The van der Waals surface area contributed by atoms with E-state index in [0.717, 1.165) is 0 Å². The van der Waals surface area contributed by atoms with E-state index in [1.54, 1.807) is 6.20 Å². The lowest BCUT2D eigenvalue weighted by atomic mass is 10.3. The summed E-state index contributed by atoms with van der Waals surface area (Å²) in [6.07, 6.45) is 1.58. The maximum absolute atomic E-state index is 13.3. The van der Waals surface area contributed by atoms with Gasteiger partial charge in [-0.05, 0) is 41.1 Å². The molecule has 0 saturated carbocycles. The standard InChI is InChI=1S/C13H11BrFN5O/c1-2-16-13-18-11-8(6-17-20-11)12(19-13)21-7-3-4-10(15)9(14)5-7/h3-6H,2H2,1H3,(H2,16,17,18,19,20). The molecule has 3 aromatic rings. The Morgan fingerprint density at radius 1 is 1.38 bits per heavy atom. The highest BCUT2D eigenvalue weighted by Gasteiger charge is 2.12. The molecule has 0 saturated heterocycles. The van der Waals surface area contributed by atoms with Crippen molar-refractivity contribution in [3.05, 3.63) is 34.7 Å². The van der Waals surface area contributed by atoms with Crippen molar-refractivity contribution in [1.29, 1.82) is 0 Å². The van der Waals surface area contributed by atoms with Crippen LogP contribution in [0.5, 0.6) is 11.6 Å². The van der Waals surface area contributed by atoms with Crippen molar-refractivity contribution in [1.82, 2.24) is 20.2 Å². The van der Waals surface area contributed by atoms with Crippen LogP contribution in [-0.2, 0) is 0 Å². The minimum atomic E-state index is -0.355. The molecule has 108 valence electrons. The van der Waals surface area contributed by atoms with Gasteiger partial charge in [0.25, 0.3) is 0 Å². The van der Waals surface area contributed by atoms with Crippen molar-refractivity contribution >= 4 is 32.9 Å². The number of ether oxygens (including phenoxy) is 1. The van der Waals surface area contributed by atoms with Crippen molar-refractivity contribution in [2.45, 2.75) is 6.92 Å². The number of fused-ring (bicyclic) bond motifs is 1. The first-order chi connectivity index (χ1) is 10.2. The normalized spacial score (nSPS) is 10.8. The second kappa shape index (κ2) is 5.65. The number of aromatic nitrogens is 4. The van der Waals surface area contributed by atoms with Crippen LogP contribution in [0, 0.1) is 5.82 Å². The van der Waals surface area contributed by atoms with Crippen molar-refractivity contribution in [3.8, 4) is 11.6 Å². The Labute approximate surface area is 127 Å². The monoisotopic (exact) mass is 351 g/mol. The predicted octanol–water partition coefficient (Wildman–Crippen LogP) is 3.48. The van der Waals surface area contributed by atoms with E-state index in [0.29, 0.717) is 39.6 Å². The van der Waals surface area contributed by atoms with Gasteiger partial charge < -0.3 is 10.1 Å². The minimum Gasteiger partial charge on any atom is -0.438 e. The molecular formula is C13H11BrFN5O. The van der Waals surface area contributed by atoms with E-state index in [9.17, 15) is 4.39 Å². The quantitative estimate of drug-likeness (QED) is 0.752. The highest BCUT2D eigenvalue weighted by molar-refractivity contribution is 9.10. The number of nitrogens with one attached hydrogen (secondary N) is 2. The molecule has 2 aromatic heterocycles. The molecule has 2 N–H and O–H groups in total. The van der Waals surface area contributed by atoms with Gasteiger partial charge in [0.2, 0.25) is 11.8 Å². The van der Waals surface area contributed by atoms with Crippen LogP contribution in [-0.4, -0.2) is 26.7 Å². The summed E-state index contributed by atoms with van der Waals surface area (Å²) in [5.41, 5.74) is 0.567. The fourth-order valence-electron chi connectivity index (χ4n) is 1.78. The molecule has 0 bridgehead atoms. The smallest absolute Gasteiger partial charge is 0.235 e. The lowest BCUT2D eigenvalue weighted by Gasteiger charge is -2.08. The summed E-state index contributed by atoms with van der Waals surface area (Å²) in [6, 6.07) is 4.38. The van der Waals surface area contributed by atoms with Gasteiger partial charge in [-0.15, -0.1) is 0 Å². The third-order valence-corrected chi connectivity index (χ3v) is 3.32. The van der Waals surface area contributed by atoms with E-state index >= 15 is 0 Å². The van der Waals surface area contributed by atoms with Crippen LogP contribution in [0.3, 0.4) is 0 Å². The number of rotatable bonds is 4. The molecule has 0 unspecified atom stereocenters. The highest BCUT2D eigenvalue weighted by atomic mass is 79.9. The third-order valence-electron chi connectivity index (χ3n) is 2.72. The van der Waals surface area contributed by atoms with E-state index in [2.05, 4.69) is 41.4 Å². The van der Waals surface area contributed by atoms with E-state index < -0.39 is 0 Å². The molecular weight excluding hydrogens is 341 g/mol. The molecule has 1 aromatic carbocycles. The first kappa shape index (κ1) is 13.7. The predicted molar refractivity (Wildman–Crippen MR) is 80.0 cm³/mol. The summed E-state index contributed by atoms with van der Waals surface area (Å²) in [6.45, 7) is 2.62. The Hall–Kier alpha value is -2.22. The van der Waals surface area contributed by atoms with Crippen LogP contribution in [0.4, 0.5) is 10.3 Å². The Kier molecular flexibility index (Phi) is 3.70. The van der Waals surface area contributed by atoms with Gasteiger partial charge in [0, 0.05) is 6.54 Å². The number of hydrogen-bond donors (Lipinski definition) is 2. The molecule has 21 heavy (non-hydrogen) atoms. The molecule has 0 atom stereocenters. The van der Waals surface area contributed by atoms with Gasteiger partial charge in [0.05, 0.1) is 10.7 Å². The SMILES string of the molecule is CCNc1nc(Oc2ccc(F)c(Br)c2)c2cn[nH]c2n1. The summed E-state index contributed by atoms with van der Waals surface area (Å²) in [5.74, 6) is 0.896. The average Bonchev–Trinajstić information content (AvgIpc) is 2.92. The number of aromatic amines is 1. The molecule has 0 aliphatic heterocycles. The minimum absolute atomic E-state index is 0.324. The van der Waals surface area contributed by atoms with Crippen molar-refractivity contribution < 1.29 is 9.13 Å². The number of anilines is 1. The van der Waals surface area contributed by atoms with Gasteiger partial charge in [-0.2, -0.15) is 15.1 Å².